The summed E-state index contributed by atoms with van der Waals surface area (Å²) >= 11 is 7.60. The second kappa shape index (κ2) is 10.8. The Labute approximate surface area is 209 Å². The SMILES string of the molecule is COc1cccc(NC(=O)C(=O)NN=Cc2cccc(OC(=O)c3sc4ccccc4c3Cl)c2)c1. The van der Waals surface area contributed by atoms with Crippen LogP contribution >= 0.6 is 22.9 Å². The Morgan fingerprint density at radius 3 is 2.51 bits per heavy atom. The Bertz CT molecular complexity index is 1450. The average Bonchev–Trinajstić information content (AvgIpc) is 3.21. The summed E-state index contributed by atoms with van der Waals surface area (Å²) in [5, 5.41) is 7.38. The number of hydrogen-bond donors (Lipinski definition) is 2. The molecular formula is C25H18ClN3O5S. The molecule has 0 bridgehead atoms. The number of benzene rings is 3. The van der Waals surface area contributed by atoms with Gasteiger partial charge in [-0.3, -0.25) is 9.59 Å². The summed E-state index contributed by atoms with van der Waals surface area (Å²) in [5.41, 5.74) is 3.09. The number of hydrazone groups is 1. The zero-order chi connectivity index (χ0) is 24.8. The van der Waals surface area contributed by atoms with Crippen molar-refractivity contribution >= 4 is 62.7 Å². The zero-order valence-corrected chi connectivity index (χ0v) is 19.9. The van der Waals surface area contributed by atoms with E-state index in [0.29, 0.717) is 26.9 Å². The van der Waals surface area contributed by atoms with Crippen LogP contribution in [0.5, 0.6) is 11.5 Å². The summed E-state index contributed by atoms with van der Waals surface area (Å²) in [6.07, 6.45) is 1.32. The molecule has 1 aromatic heterocycles. The van der Waals surface area contributed by atoms with E-state index in [4.69, 9.17) is 21.1 Å². The number of carbonyl (C=O) groups is 3. The lowest BCUT2D eigenvalue weighted by Crippen LogP contribution is -2.32. The van der Waals surface area contributed by atoms with Crippen LogP contribution in [0.1, 0.15) is 15.2 Å². The molecule has 0 unspecified atom stereocenters. The van der Waals surface area contributed by atoms with E-state index >= 15 is 0 Å². The van der Waals surface area contributed by atoms with Crippen molar-refractivity contribution in [2.45, 2.75) is 0 Å². The number of ether oxygens (including phenoxy) is 2. The molecule has 0 aliphatic carbocycles. The van der Waals surface area contributed by atoms with Crippen molar-refractivity contribution < 1.29 is 23.9 Å². The fourth-order valence-corrected chi connectivity index (χ4v) is 4.45. The molecule has 4 rings (SSSR count). The van der Waals surface area contributed by atoms with Crippen molar-refractivity contribution in [3.8, 4) is 11.5 Å². The number of anilines is 1. The number of fused-ring (bicyclic) bond motifs is 1. The first-order valence-electron chi connectivity index (χ1n) is 10.2. The molecule has 1 heterocycles. The standard InChI is InChI=1S/C25H18ClN3O5S/c1-33-17-8-5-7-16(13-17)28-23(30)24(31)29-27-14-15-6-4-9-18(12-15)34-25(32)22-21(26)19-10-2-3-11-20(19)35-22/h2-14H,1H3,(H,28,30)(H,29,31). The normalized spacial score (nSPS) is 10.8. The third kappa shape index (κ3) is 5.84. The first-order valence-corrected chi connectivity index (χ1v) is 11.4. The lowest BCUT2D eigenvalue weighted by Gasteiger charge is -2.06. The third-order valence-electron chi connectivity index (χ3n) is 4.70. The lowest BCUT2D eigenvalue weighted by atomic mass is 10.2. The zero-order valence-electron chi connectivity index (χ0n) is 18.3. The highest BCUT2D eigenvalue weighted by atomic mass is 35.5. The molecule has 0 saturated carbocycles. The summed E-state index contributed by atoms with van der Waals surface area (Å²) in [6.45, 7) is 0. The summed E-state index contributed by atoms with van der Waals surface area (Å²) in [4.78, 5) is 37.0. The Hall–Kier alpha value is -4.21. The van der Waals surface area contributed by atoms with Crippen LogP contribution in [0.25, 0.3) is 10.1 Å². The number of esters is 1. The molecule has 2 N–H and O–H groups in total. The third-order valence-corrected chi connectivity index (χ3v) is 6.36. The molecule has 8 nitrogen and oxygen atoms in total. The summed E-state index contributed by atoms with van der Waals surface area (Å²) < 4.78 is 11.4. The fraction of sp³-hybridized carbons (Fsp3) is 0.0400. The monoisotopic (exact) mass is 507 g/mol. The number of amides is 2. The van der Waals surface area contributed by atoms with Crippen LogP contribution in [-0.4, -0.2) is 31.1 Å². The van der Waals surface area contributed by atoms with E-state index in [0.717, 1.165) is 10.1 Å². The van der Waals surface area contributed by atoms with Crippen LogP contribution in [0.4, 0.5) is 5.69 Å². The van der Waals surface area contributed by atoms with Gasteiger partial charge in [-0.1, -0.05) is 48.0 Å². The van der Waals surface area contributed by atoms with Crippen LogP contribution < -0.4 is 20.2 Å². The van der Waals surface area contributed by atoms with E-state index in [1.165, 1.54) is 24.7 Å². The van der Waals surface area contributed by atoms with Gasteiger partial charge in [-0.2, -0.15) is 5.10 Å². The number of halogens is 1. The van der Waals surface area contributed by atoms with E-state index in [1.807, 2.05) is 24.3 Å². The number of rotatable bonds is 6. The van der Waals surface area contributed by atoms with Crippen LogP contribution in [0.15, 0.2) is 77.9 Å². The van der Waals surface area contributed by atoms with Crippen molar-refractivity contribution in [2.75, 3.05) is 12.4 Å². The first-order chi connectivity index (χ1) is 16.9. The van der Waals surface area contributed by atoms with E-state index in [1.54, 1.807) is 48.5 Å². The molecule has 176 valence electrons. The molecule has 0 fully saturated rings. The summed E-state index contributed by atoms with van der Waals surface area (Å²) in [6, 6.07) is 20.5. The van der Waals surface area contributed by atoms with Gasteiger partial charge in [-0.25, -0.2) is 10.2 Å². The van der Waals surface area contributed by atoms with Gasteiger partial charge in [0.05, 0.1) is 18.3 Å². The van der Waals surface area contributed by atoms with Crippen LogP contribution in [0.3, 0.4) is 0 Å². The number of carbonyl (C=O) groups excluding carboxylic acids is 3. The molecule has 35 heavy (non-hydrogen) atoms. The Morgan fingerprint density at radius 2 is 1.71 bits per heavy atom. The average molecular weight is 508 g/mol. The van der Waals surface area contributed by atoms with Gasteiger partial charge in [0.2, 0.25) is 0 Å². The van der Waals surface area contributed by atoms with Crippen LogP contribution in [0, 0.1) is 0 Å². The van der Waals surface area contributed by atoms with E-state index < -0.39 is 17.8 Å². The number of nitrogens with one attached hydrogen (secondary N) is 2. The maximum Gasteiger partial charge on any atom is 0.355 e. The fourth-order valence-electron chi connectivity index (χ4n) is 3.06. The van der Waals surface area contributed by atoms with Gasteiger partial charge < -0.3 is 14.8 Å². The van der Waals surface area contributed by atoms with E-state index in [-0.39, 0.29) is 5.75 Å². The molecule has 0 spiro atoms. The van der Waals surface area contributed by atoms with Crippen molar-refractivity contribution in [3.05, 3.63) is 88.3 Å². The van der Waals surface area contributed by atoms with Gasteiger partial charge in [0.1, 0.15) is 16.4 Å². The Kier molecular flexibility index (Phi) is 7.39. The first kappa shape index (κ1) is 23.9. The molecule has 0 radical (unpaired) electrons. The molecule has 0 aliphatic rings. The minimum absolute atomic E-state index is 0.273. The highest BCUT2D eigenvalue weighted by molar-refractivity contribution is 7.21. The molecular weight excluding hydrogens is 490 g/mol. The van der Waals surface area contributed by atoms with Crippen LogP contribution in [-0.2, 0) is 9.59 Å². The Balaban J connectivity index is 1.36. The molecule has 2 amide bonds. The number of thiophene rings is 1. The van der Waals surface area contributed by atoms with Gasteiger partial charge >= 0.3 is 17.8 Å². The minimum atomic E-state index is -0.953. The van der Waals surface area contributed by atoms with Crippen molar-refractivity contribution in [3.63, 3.8) is 0 Å². The van der Waals surface area contributed by atoms with E-state index in [9.17, 15) is 14.4 Å². The molecule has 3 aromatic carbocycles. The van der Waals surface area contributed by atoms with E-state index in [2.05, 4.69) is 15.8 Å². The van der Waals surface area contributed by atoms with Crippen molar-refractivity contribution in [2.24, 2.45) is 5.10 Å². The molecule has 10 heteroatoms. The maximum absolute atomic E-state index is 12.6. The van der Waals surface area contributed by atoms with Gasteiger partial charge in [0.25, 0.3) is 0 Å². The van der Waals surface area contributed by atoms with Crippen LogP contribution in [0.2, 0.25) is 5.02 Å². The molecule has 0 aliphatic heterocycles. The summed E-state index contributed by atoms with van der Waals surface area (Å²) in [5.74, 6) is -1.61. The second-order valence-electron chi connectivity index (χ2n) is 7.09. The van der Waals surface area contributed by atoms with Crippen molar-refractivity contribution in [1.82, 2.24) is 5.43 Å². The van der Waals surface area contributed by atoms with Gasteiger partial charge in [0, 0.05) is 21.8 Å². The predicted molar refractivity (Wildman–Crippen MR) is 136 cm³/mol. The quantitative estimate of drug-likeness (QED) is 0.127. The number of nitrogens with zero attached hydrogens (tertiary/aromatic N) is 1. The second-order valence-corrected chi connectivity index (χ2v) is 8.52. The van der Waals surface area contributed by atoms with Gasteiger partial charge in [-0.15, -0.1) is 11.3 Å². The minimum Gasteiger partial charge on any atom is -0.497 e. The highest BCUT2D eigenvalue weighted by Crippen LogP contribution is 2.35. The summed E-state index contributed by atoms with van der Waals surface area (Å²) in [7, 11) is 1.50. The highest BCUT2D eigenvalue weighted by Gasteiger charge is 2.19. The maximum atomic E-state index is 12.6. The molecule has 0 saturated heterocycles. The van der Waals surface area contributed by atoms with Gasteiger partial charge in [-0.05, 0) is 35.9 Å². The van der Waals surface area contributed by atoms with Gasteiger partial charge in [0.15, 0.2) is 0 Å². The number of methoxy groups -OCH3 is 1. The lowest BCUT2D eigenvalue weighted by molar-refractivity contribution is -0.136. The number of hydrogen-bond acceptors (Lipinski definition) is 7. The largest absolute Gasteiger partial charge is 0.497 e. The molecule has 4 aromatic rings. The Morgan fingerprint density at radius 1 is 0.943 bits per heavy atom. The smallest absolute Gasteiger partial charge is 0.355 e. The van der Waals surface area contributed by atoms with Crippen molar-refractivity contribution in [1.29, 1.82) is 0 Å². The topological polar surface area (TPSA) is 106 Å². The predicted octanol–water partition coefficient (Wildman–Crippen LogP) is 4.87. The molecule has 0 atom stereocenters.